The number of rotatable bonds is 7. The monoisotopic (exact) mass is 273 g/mol. The van der Waals surface area contributed by atoms with Gasteiger partial charge in [-0.1, -0.05) is 31.5 Å². The van der Waals surface area contributed by atoms with Gasteiger partial charge in [-0.05, 0) is 43.9 Å². The summed E-state index contributed by atoms with van der Waals surface area (Å²) in [5.41, 5.74) is 8.03. The highest BCUT2D eigenvalue weighted by atomic mass is 15.5. The third kappa shape index (κ3) is 5.57. The van der Waals surface area contributed by atoms with E-state index in [0.29, 0.717) is 0 Å². The van der Waals surface area contributed by atoms with E-state index in [1.165, 1.54) is 29.7 Å². The number of aryl methyl sites for hydroxylation is 2. The van der Waals surface area contributed by atoms with Crippen LogP contribution in [0.4, 0.5) is 5.69 Å². The number of hydrogen-bond acceptors (Lipinski definition) is 3. The van der Waals surface area contributed by atoms with Crippen LogP contribution in [0.2, 0.25) is 0 Å². The molecule has 0 aliphatic heterocycles. The summed E-state index contributed by atoms with van der Waals surface area (Å²) in [5.74, 6) is 0. The average Bonchev–Trinajstić information content (AvgIpc) is 2.38. The van der Waals surface area contributed by atoms with Crippen molar-refractivity contribution in [3.05, 3.63) is 41.1 Å². The maximum absolute atomic E-state index is 4.60. The summed E-state index contributed by atoms with van der Waals surface area (Å²) in [4.78, 5) is 4.60. The summed E-state index contributed by atoms with van der Waals surface area (Å²) >= 11 is 0. The number of nitrogens with one attached hydrogen (secondary N) is 1. The Kier molecular flexibility index (Phi) is 7.02. The molecule has 0 radical (unpaired) electrons. The zero-order chi connectivity index (χ0) is 15.0. The van der Waals surface area contributed by atoms with Crippen molar-refractivity contribution in [2.24, 2.45) is 4.99 Å². The predicted octanol–water partition coefficient (Wildman–Crippen LogP) is 4.15. The highest BCUT2D eigenvalue weighted by Gasteiger charge is 1.99. The summed E-state index contributed by atoms with van der Waals surface area (Å²) in [6.45, 7) is 6.40. The van der Waals surface area contributed by atoms with Crippen LogP contribution < -0.4 is 5.43 Å². The summed E-state index contributed by atoms with van der Waals surface area (Å²) in [6.07, 6.45) is 7.40. The number of hydrazine groups is 1. The van der Waals surface area contributed by atoms with E-state index in [-0.39, 0.29) is 0 Å². The van der Waals surface area contributed by atoms with Gasteiger partial charge in [-0.25, -0.2) is 5.01 Å². The van der Waals surface area contributed by atoms with Crippen LogP contribution in [0.25, 0.3) is 0 Å². The first-order valence-corrected chi connectivity index (χ1v) is 7.28. The molecule has 0 aliphatic carbocycles. The Morgan fingerprint density at radius 1 is 1.25 bits per heavy atom. The van der Waals surface area contributed by atoms with Gasteiger partial charge in [-0.2, -0.15) is 0 Å². The van der Waals surface area contributed by atoms with Crippen molar-refractivity contribution >= 4 is 11.9 Å². The van der Waals surface area contributed by atoms with Crippen molar-refractivity contribution in [2.75, 3.05) is 14.1 Å². The molecule has 0 bridgehead atoms. The minimum atomic E-state index is 1.05. The molecular weight excluding hydrogens is 246 g/mol. The molecule has 0 aromatic heterocycles. The standard InChI is InChI=1S/C17H27N3/c1-6-7-11-16(19-20(4)5)12-13-18-17-14(2)9-8-10-15(17)3/h8-10,12-13,19H,6-7,11H2,1-5H3/b16-12+,18-13?. The smallest absolute Gasteiger partial charge is 0.0687 e. The average molecular weight is 273 g/mol. The molecule has 110 valence electrons. The molecular formula is C17H27N3. The molecule has 0 amide bonds. The molecule has 0 saturated carbocycles. The molecule has 0 saturated heterocycles. The van der Waals surface area contributed by atoms with Crippen molar-refractivity contribution in [1.29, 1.82) is 0 Å². The van der Waals surface area contributed by atoms with E-state index >= 15 is 0 Å². The summed E-state index contributed by atoms with van der Waals surface area (Å²) in [7, 11) is 4.00. The van der Waals surface area contributed by atoms with E-state index < -0.39 is 0 Å². The van der Waals surface area contributed by atoms with E-state index in [9.17, 15) is 0 Å². The summed E-state index contributed by atoms with van der Waals surface area (Å²) in [6, 6.07) is 6.26. The zero-order valence-corrected chi connectivity index (χ0v) is 13.4. The molecule has 1 aromatic rings. The van der Waals surface area contributed by atoms with Gasteiger partial charge in [-0.3, -0.25) is 4.99 Å². The van der Waals surface area contributed by atoms with Crippen LogP contribution in [0.15, 0.2) is 35.0 Å². The van der Waals surface area contributed by atoms with Crippen molar-refractivity contribution in [3.63, 3.8) is 0 Å². The molecule has 0 unspecified atom stereocenters. The molecule has 0 aliphatic rings. The SMILES string of the molecule is CCCC/C(=C\C=Nc1c(C)cccc1C)NN(C)C. The normalized spacial score (nSPS) is 12.4. The molecule has 1 N–H and O–H groups in total. The fraction of sp³-hybridized carbons (Fsp3) is 0.471. The molecule has 0 spiro atoms. The van der Waals surface area contributed by atoms with Gasteiger partial charge in [0, 0.05) is 26.0 Å². The van der Waals surface area contributed by atoms with Crippen LogP contribution in [0.3, 0.4) is 0 Å². The molecule has 20 heavy (non-hydrogen) atoms. The van der Waals surface area contributed by atoms with Crippen LogP contribution in [-0.2, 0) is 0 Å². The lowest BCUT2D eigenvalue weighted by Gasteiger charge is -2.16. The van der Waals surface area contributed by atoms with E-state index in [4.69, 9.17) is 0 Å². The van der Waals surface area contributed by atoms with Crippen LogP contribution >= 0.6 is 0 Å². The minimum Gasteiger partial charge on any atom is -0.323 e. The lowest BCUT2D eigenvalue weighted by molar-refractivity contribution is 0.321. The molecule has 3 heteroatoms. The van der Waals surface area contributed by atoms with Crippen LogP contribution in [-0.4, -0.2) is 25.3 Å². The number of unbranched alkanes of at least 4 members (excludes halogenated alkanes) is 1. The number of allylic oxidation sites excluding steroid dienone is 2. The topological polar surface area (TPSA) is 27.6 Å². The van der Waals surface area contributed by atoms with Crippen molar-refractivity contribution in [2.45, 2.75) is 40.0 Å². The number of para-hydroxylation sites is 1. The number of benzene rings is 1. The highest BCUT2D eigenvalue weighted by Crippen LogP contribution is 2.22. The van der Waals surface area contributed by atoms with Gasteiger partial charge in [0.1, 0.15) is 0 Å². The van der Waals surface area contributed by atoms with Gasteiger partial charge in [0.15, 0.2) is 0 Å². The van der Waals surface area contributed by atoms with E-state index in [0.717, 1.165) is 12.1 Å². The Morgan fingerprint density at radius 3 is 2.45 bits per heavy atom. The quantitative estimate of drug-likeness (QED) is 0.597. The van der Waals surface area contributed by atoms with Gasteiger partial charge in [0.25, 0.3) is 0 Å². The van der Waals surface area contributed by atoms with Crippen LogP contribution in [0, 0.1) is 13.8 Å². The molecule has 1 rings (SSSR count). The Bertz CT molecular complexity index is 453. The van der Waals surface area contributed by atoms with E-state index in [2.05, 4.69) is 55.5 Å². The zero-order valence-electron chi connectivity index (χ0n) is 13.4. The van der Waals surface area contributed by atoms with Crippen molar-refractivity contribution in [1.82, 2.24) is 10.4 Å². The van der Waals surface area contributed by atoms with Crippen LogP contribution in [0.1, 0.15) is 37.3 Å². The second kappa shape index (κ2) is 8.54. The first-order valence-electron chi connectivity index (χ1n) is 7.28. The minimum absolute atomic E-state index is 1.05. The fourth-order valence-corrected chi connectivity index (χ4v) is 2.04. The number of nitrogens with zero attached hydrogens (tertiary/aromatic N) is 2. The molecule has 0 fully saturated rings. The van der Waals surface area contributed by atoms with Crippen LogP contribution in [0.5, 0.6) is 0 Å². The van der Waals surface area contributed by atoms with E-state index in [1.54, 1.807) is 0 Å². The Labute approximate surface area is 123 Å². The molecule has 0 atom stereocenters. The maximum Gasteiger partial charge on any atom is 0.0687 e. The lowest BCUT2D eigenvalue weighted by Crippen LogP contribution is -2.29. The van der Waals surface area contributed by atoms with Crippen molar-refractivity contribution < 1.29 is 0 Å². The lowest BCUT2D eigenvalue weighted by atomic mass is 10.1. The Hall–Kier alpha value is -1.61. The van der Waals surface area contributed by atoms with E-state index in [1.807, 2.05) is 25.3 Å². The van der Waals surface area contributed by atoms with Gasteiger partial charge in [0.05, 0.1) is 5.69 Å². The summed E-state index contributed by atoms with van der Waals surface area (Å²) < 4.78 is 0. The first-order chi connectivity index (χ1) is 9.54. The predicted molar refractivity (Wildman–Crippen MR) is 88.5 cm³/mol. The Morgan fingerprint density at radius 2 is 1.90 bits per heavy atom. The second-order valence-electron chi connectivity index (χ2n) is 5.32. The second-order valence-corrected chi connectivity index (χ2v) is 5.32. The number of hydrogen-bond donors (Lipinski definition) is 1. The molecule has 1 aromatic carbocycles. The van der Waals surface area contributed by atoms with Gasteiger partial charge >= 0.3 is 0 Å². The van der Waals surface area contributed by atoms with Gasteiger partial charge in [-0.15, -0.1) is 0 Å². The summed E-state index contributed by atoms with van der Waals surface area (Å²) in [5, 5.41) is 1.97. The van der Waals surface area contributed by atoms with Gasteiger partial charge < -0.3 is 5.43 Å². The highest BCUT2D eigenvalue weighted by molar-refractivity contribution is 5.76. The first kappa shape index (κ1) is 16.4. The third-order valence-corrected chi connectivity index (χ3v) is 3.09. The maximum atomic E-state index is 4.60. The fourth-order valence-electron chi connectivity index (χ4n) is 2.04. The molecule has 0 heterocycles. The third-order valence-electron chi connectivity index (χ3n) is 3.09. The number of aliphatic imine (C=N–C) groups is 1. The van der Waals surface area contributed by atoms with Gasteiger partial charge in [0.2, 0.25) is 0 Å². The Balaban J connectivity index is 2.82. The van der Waals surface area contributed by atoms with Crippen molar-refractivity contribution in [3.8, 4) is 0 Å². The molecule has 3 nitrogen and oxygen atoms in total. The largest absolute Gasteiger partial charge is 0.323 e.